The van der Waals surface area contributed by atoms with Crippen LogP contribution in [-0.2, 0) is 0 Å². The Kier molecular flexibility index (Phi) is 3.74. The highest BCUT2D eigenvalue weighted by atomic mass is 16.3. The second-order valence-corrected chi connectivity index (χ2v) is 6.03. The number of likely N-dealkylation sites (N-methyl/N-ethyl adjacent to an activating group) is 1. The summed E-state index contributed by atoms with van der Waals surface area (Å²) in [5, 5.41) is 0.556. The largest absolute Gasteiger partial charge is 0.451 e. The van der Waals surface area contributed by atoms with Gasteiger partial charge in [0.15, 0.2) is 11.2 Å². The summed E-state index contributed by atoms with van der Waals surface area (Å²) in [6, 6.07) is 5.08. The van der Waals surface area contributed by atoms with E-state index in [9.17, 15) is 9.59 Å². The van der Waals surface area contributed by atoms with Crippen molar-refractivity contribution >= 4 is 16.9 Å². The van der Waals surface area contributed by atoms with Gasteiger partial charge < -0.3 is 14.2 Å². The maximum atomic E-state index is 12.5. The summed E-state index contributed by atoms with van der Waals surface area (Å²) >= 11 is 0. The van der Waals surface area contributed by atoms with Crippen LogP contribution in [0.1, 0.15) is 21.7 Å². The van der Waals surface area contributed by atoms with Gasteiger partial charge in [-0.3, -0.25) is 9.59 Å². The summed E-state index contributed by atoms with van der Waals surface area (Å²) in [7, 11) is 2.03. The van der Waals surface area contributed by atoms with Gasteiger partial charge in [-0.2, -0.15) is 0 Å². The number of amides is 1. The third kappa shape index (κ3) is 2.64. The Hall–Kier alpha value is -2.14. The maximum absolute atomic E-state index is 12.5. The molecular weight excluding hydrogens is 280 g/mol. The molecule has 22 heavy (non-hydrogen) atoms. The summed E-state index contributed by atoms with van der Waals surface area (Å²) in [5.74, 6) is -0.0710. The summed E-state index contributed by atoms with van der Waals surface area (Å²) in [6.07, 6.45) is 0. The molecule has 1 saturated heterocycles. The van der Waals surface area contributed by atoms with Crippen LogP contribution < -0.4 is 5.43 Å². The summed E-state index contributed by atoms with van der Waals surface area (Å²) in [5.41, 5.74) is 2.22. The average molecular weight is 300 g/mol. The van der Waals surface area contributed by atoms with Crippen LogP contribution in [0.4, 0.5) is 0 Å². The molecule has 0 spiro atoms. The molecule has 5 nitrogen and oxygen atoms in total. The summed E-state index contributed by atoms with van der Waals surface area (Å²) in [6.45, 7) is 6.81. The first-order valence-electron chi connectivity index (χ1n) is 7.48. The smallest absolute Gasteiger partial charge is 0.289 e. The molecule has 0 bridgehead atoms. The van der Waals surface area contributed by atoms with Gasteiger partial charge in [-0.05, 0) is 38.1 Å². The van der Waals surface area contributed by atoms with Gasteiger partial charge in [0.25, 0.3) is 5.91 Å². The third-order valence-electron chi connectivity index (χ3n) is 4.17. The minimum absolute atomic E-state index is 0.132. The normalized spacial score (nSPS) is 16.2. The molecule has 1 aromatic carbocycles. The second kappa shape index (κ2) is 5.57. The minimum atomic E-state index is -0.203. The van der Waals surface area contributed by atoms with Crippen LogP contribution in [-0.4, -0.2) is 48.9 Å². The van der Waals surface area contributed by atoms with Crippen LogP contribution in [0.2, 0.25) is 0 Å². The van der Waals surface area contributed by atoms with Gasteiger partial charge in [-0.25, -0.2) is 0 Å². The van der Waals surface area contributed by atoms with E-state index in [4.69, 9.17) is 4.42 Å². The van der Waals surface area contributed by atoms with E-state index in [1.807, 2.05) is 33.0 Å². The first-order valence-corrected chi connectivity index (χ1v) is 7.48. The molecule has 1 aliphatic rings. The first-order chi connectivity index (χ1) is 10.5. The van der Waals surface area contributed by atoms with Gasteiger partial charge in [-0.15, -0.1) is 0 Å². The first kappa shape index (κ1) is 14.8. The lowest BCUT2D eigenvalue weighted by Crippen LogP contribution is -2.47. The quantitative estimate of drug-likeness (QED) is 0.806. The van der Waals surface area contributed by atoms with Gasteiger partial charge in [-0.1, -0.05) is 6.07 Å². The fourth-order valence-electron chi connectivity index (χ4n) is 2.93. The highest BCUT2D eigenvalue weighted by Crippen LogP contribution is 2.19. The summed E-state index contributed by atoms with van der Waals surface area (Å²) < 4.78 is 5.74. The molecule has 5 heteroatoms. The number of carbonyl (C=O) groups is 1. The van der Waals surface area contributed by atoms with Crippen molar-refractivity contribution in [1.29, 1.82) is 0 Å². The van der Waals surface area contributed by atoms with Crippen molar-refractivity contribution < 1.29 is 9.21 Å². The Morgan fingerprint density at radius 3 is 2.45 bits per heavy atom. The number of piperazine rings is 1. The third-order valence-corrected chi connectivity index (χ3v) is 4.17. The van der Waals surface area contributed by atoms with Crippen molar-refractivity contribution in [3.05, 3.63) is 45.3 Å². The Balaban J connectivity index is 2.01. The fourth-order valence-corrected chi connectivity index (χ4v) is 2.93. The number of fused-ring (bicyclic) bond motifs is 1. The molecule has 2 heterocycles. The SMILES string of the molecule is Cc1cc(C)c2c(=O)cc(C(=O)N3CCN(C)CC3)oc2c1. The van der Waals surface area contributed by atoms with E-state index in [-0.39, 0.29) is 17.1 Å². The molecule has 1 fully saturated rings. The van der Waals surface area contributed by atoms with E-state index in [1.165, 1.54) is 6.07 Å². The zero-order chi connectivity index (χ0) is 15.9. The van der Waals surface area contributed by atoms with Crippen LogP contribution in [0, 0.1) is 13.8 Å². The molecule has 1 aromatic heterocycles. The molecule has 1 aliphatic heterocycles. The van der Waals surface area contributed by atoms with Crippen LogP contribution in [0.5, 0.6) is 0 Å². The number of aryl methyl sites for hydroxylation is 2. The second-order valence-electron chi connectivity index (χ2n) is 6.03. The lowest BCUT2D eigenvalue weighted by atomic mass is 10.1. The predicted octanol–water partition coefficient (Wildman–Crippen LogP) is 1.80. The molecule has 2 aromatic rings. The molecule has 0 aliphatic carbocycles. The molecule has 0 N–H and O–H groups in total. The molecule has 0 unspecified atom stereocenters. The minimum Gasteiger partial charge on any atom is -0.451 e. The molecule has 116 valence electrons. The Morgan fingerprint density at radius 2 is 1.77 bits per heavy atom. The van der Waals surface area contributed by atoms with E-state index in [0.29, 0.717) is 24.1 Å². The summed E-state index contributed by atoms with van der Waals surface area (Å²) in [4.78, 5) is 28.8. The van der Waals surface area contributed by atoms with E-state index in [1.54, 1.807) is 4.90 Å². The Bertz CT molecular complexity index is 786. The topological polar surface area (TPSA) is 53.8 Å². The molecule has 0 saturated carbocycles. The molecule has 3 rings (SSSR count). The van der Waals surface area contributed by atoms with Crippen LogP contribution in [0.3, 0.4) is 0 Å². The van der Waals surface area contributed by atoms with Crippen LogP contribution in [0.25, 0.3) is 11.0 Å². The molecule has 1 amide bonds. The molecule has 0 atom stereocenters. The van der Waals surface area contributed by atoms with Crippen LogP contribution in [0.15, 0.2) is 27.4 Å². The van der Waals surface area contributed by atoms with E-state index in [0.717, 1.165) is 24.2 Å². The number of nitrogens with zero attached hydrogens (tertiary/aromatic N) is 2. The number of carbonyl (C=O) groups excluding carboxylic acids is 1. The Morgan fingerprint density at radius 1 is 1.09 bits per heavy atom. The van der Waals surface area contributed by atoms with Crippen molar-refractivity contribution in [3.8, 4) is 0 Å². The van der Waals surface area contributed by atoms with Crippen molar-refractivity contribution in [2.24, 2.45) is 0 Å². The lowest BCUT2D eigenvalue weighted by Gasteiger charge is -2.31. The van der Waals surface area contributed by atoms with Gasteiger partial charge in [0, 0.05) is 32.2 Å². The molecular formula is C17H20N2O3. The zero-order valence-electron chi connectivity index (χ0n) is 13.2. The Labute approximate surface area is 129 Å². The highest BCUT2D eigenvalue weighted by molar-refractivity contribution is 5.93. The van der Waals surface area contributed by atoms with Crippen molar-refractivity contribution in [1.82, 2.24) is 9.80 Å². The fraction of sp³-hybridized carbons (Fsp3) is 0.412. The van der Waals surface area contributed by atoms with Gasteiger partial charge >= 0.3 is 0 Å². The van der Waals surface area contributed by atoms with Crippen molar-refractivity contribution in [2.45, 2.75) is 13.8 Å². The van der Waals surface area contributed by atoms with E-state index >= 15 is 0 Å². The van der Waals surface area contributed by atoms with Crippen molar-refractivity contribution in [3.63, 3.8) is 0 Å². The van der Waals surface area contributed by atoms with Gasteiger partial charge in [0.2, 0.25) is 0 Å². The van der Waals surface area contributed by atoms with Crippen molar-refractivity contribution in [2.75, 3.05) is 33.2 Å². The predicted molar refractivity (Wildman–Crippen MR) is 85.4 cm³/mol. The van der Waals surface area contributed by atoms with E-state index < -0.39 is 0 Å². The number of rotatable bonds is 1. The number of hydrogen-bond acceptors (Lipinski definition) is 4. The zero-order valence-corrected chi connectivity index (χ0v) is 13.2. The monoisotopic (exact) mass is 300 g/mol. The lowest BCUT2D eigenvalue weighted by molar-refractivity contribution is 0.0633. The van der Waals surface area contributed by atoms with Crippen LogP contribution >= 0.6 is 0 Å². The molecule has 0 radical (unpaired) electrons. The number of hydrogen-bond donors (Lipinski definition) is 0. The standard InChI is InChI=1S/C17H20N2O3/c1-11-8-12(2)16-13(20)10-15(22-14(16)9-11)17(21)19-6-4-18(3)5-7-19/h8-10H,4-7H2,1-3H3. The average Bonchev–Trinajstić information content (AvgIpc) is 2.46. The van der Waals surface area contributed by atoms with Gasteiger partial charge in [0.05, 0.1) is 5.39 Å². The number of benzene rings is 1. The van der Waals surface area contributed by atoms with Gasteiger partial charge in [0.1, 0.15) is 5.58 Å². The highest BCUT2D eigenvalue weighted by Gasteiger charge is 2.23. The van der Waals surface area contributed by atoms with E-state index in [2.05, 4.69) is 4.90 Å². The maximum Gasteiger partial charge on any atom is 0.289 e.